The molecule has 118 valence electrons. The summed E-state index contributed by atoms with van der Waals surface area (Å²) >= 11 is 0. The van der Waals surface area contributed by atoms with Crippen molar-refractivity contribution in [1.82, 2.24) is 5.32 Å². The van der Waals surface area contributed by atoms with Crippen LogP contribution in [0.25, 0.3) is 0 Å². The second kappa shape index (κ2) is 6.33. The molecular weight excluding hydrogens is 288 g/mol. The summed E-state index contributed by atoms with van der Waals surface area (Å²) in [5.41, 5.74) is 0.659. The summed E-state index contributed by atoms with van der Waals surface area (Å²) in [4.78, 5) is 23.0. The molecule has 2 amide bonds. The Hall–Kier alpha value is -2.12. The van der Waals surface area contributed by atoms with Crippen molar-refractivity contribution in [1.29, 1.82) is 0 Å². The third-order valence-electron chi connectivity index (χ3n) is 3.68. The molecule has 0 aromatic heterocycles. The monoisotopic (exact) mass is 306 g/mol. The number of carbonyl (C=O) groups is 2. The Morgan fingerprint density at radius 2 is 1.86 bits per heavy atom. The van der Waals surface area contributed by atoms with Gasteiger partial charge in [0.15, 0.2) is 6.10 Å². The smallest absolute Gasteiger partial charge is 0.412 e. The van der Waals surface area contributed by atoms with Crippen LogP contribution in [0, 0.1) is 0 Å². The molecule has 0 spiro atoms. The van der Waals surface area contributed by atoms with Crippen LogP contribution in [0.2, 0.25) is 0 Å². The topological polar surface area (TPSA) is 85.9 Å². The third-order valence-corrected chi connectivity index (χ3v) is 3.68. The van der Waals surface area contributed by atoms with Crippen molar-refractivity contribution >= 4 is 17.7 Å². The first kappa shape index (κ1) is 14.8. The van der Waals surface area contributed by atoms with Crippen molar-refractivity contribution in [2.24, 2.45) is 0 Å². The highest BCUT2D eigenvalue weighted by atomic mass is 16.6. The molecule has 7 heteroatoms. The van der Waals surface area contributed by atoms with Gasteiger partial charge in [-0.05, 0) is 12.1 Å². The summed E-state index contributed by atoms with van der Waals surface area (Å²) in [6, 6.07) is 8.85. The minimum atomic E-state index is -0.549. The summed E-state index contributed by atoms with van der Waals surface area (Å²) < 4.78 is 16.6. The van der Waals surface area contributed by atoms with Crippen molar-refractivity contribution in [2.75, 3.05) is 18.5 Å². The number of carbonyl (C=O) groups excluding carboxylic acids is 2. The minimum absolute atomic E-state index is 0.135. The Bertz CT molecular complexity index is 550. The van der Waals surface area contributed by atoms with E-state index in [1.54, 1.807) is 12.1 Å². The van der Waals surface area contributed by atoms with Gasteiger partial charge < -0.3 is 19.5 Å². The number of nitrogens with one attached hydrogen (secondary N) is 2. The van der Waals surface area contributed by atoms with Crippen LogP contribution in [0.15, 0.2) is 30.3 Å². The maximum absolute atomic E-state index is 11.9. The van der Waals surface area contributed by atoms with Crippen LogP contribution in [0.5, 0.6) is 0 Å². The highest BCUT2D eigenvalue weighted by Gasteiger charge is 2.49. The molecule has 1 aromatic rings. The van der Waals surface area contributed by atoms with Gasteiger partial charge in [0, 0.05) is 12.6 Å². The Kier molecular flexibility index (Phi) is 4.26. The van der Waals surface area contributed by atoms with E-state index in [1.165, 1.54) is 6.92 Å². The second-order valence-electron chi connectivity index (χ2n) is 5.34. The van der Waals surface area contributed by atoms with Gasteiger partial charge in [-0.15, -0.1) is 0 Å². The molecule has 0 bridgehead atoms. The van der Waals surface area contributed by atoms with Crippen molar-refractivity contribution < 1.29 is 23.8 Å². The van der Waals surface area contributed by atoms with Gasteiger partial charge in [0.1, 0.15) is 12.2 Å². The first-order valence-electron chi connectivity index (χ1n) is 7.16. The van der Waals surface area contributed by atoms with E-state index in [4.69, 9.17) is 14.2 Å². The van der Waals surface area contributed by atoms with Crippen LogP contribution in [-0.4, -0.2) is 49.6 Å². The second-order valence-corrected chi connectivity index (χ2v) is 5.34. The molecule has 3 rings (SSSR count). The molecule has 4 atom stereocenters. The van der Waals surface area contributed by atoms with Crippen LogP contribution in [0.1, 0.15) is 6.92 Å². The average Bonchev–Trinajstić information content (AvgIpc) is 3.04. The lowest BCUT2D eigenvalue weighted by Crippen LogP contribution is -2.43. The van der Waals surface area contributed by atoms with E-state index in [0.717, 1.165) is 0 Å². The summed E-state index contributed by atoms with van der Waals surface area (Å²) in [5.74, 6) is -0.135. The van der Waals surface area contributed by atoms with E-state index in [0.29, 0.717) is 12.3 Å². The fourth-order valence-corrected chi connectivity index (χ4v) is 2.76. The molecule has 2 heterocycles. The number of hydrogen-bond acceptors (Lipinski definition) is 5. The van der Waals surface area contributed by atoms with Crippen molar-refractivity contribution in [3.05, 3.63) is 30.3 Å². The van der Waals surface area contributed by atoms with Gasteiger partial charge in [0.25, 0.3) is 0 Å². The molecule has 0 aliphatic carbocycles. The van der Waals surface area contributed by atoms with E-state index in [2.05, 4.69) is 10.6 Å². The molecular formula is C15H18N2O5. The normalized spacial score (nSPS) is 29.7. The van der Waals surface area contributed by atoms with Crippen LogP contribution in [-0.2, 0) is 19.0 Å². The fraction of sp³-hybridized carbons (Fsp3) is 0.467. The summed E-state index contributed by atoms with van der Waals surface area (Å²) in [6.45, 7) is 2.06. The maximum Gasteiger partial charge on any atom is 0.412 e. The lowest BCUT2D eigenvalue weighted by molar-refractivity contribution is -0.120. The van der Waals surface area contributed by atoms with E-state index >= 15 is 0 Å². The van der Waals surface area contributed by atoms with Gasteiger partial charge in [-0.2, -0.15) is 0 Å². The standard InChI is InChI=1S/C15H18N2O5/c1-9(18)16-11-7-20-14-12(8-21-13(11)14)22-15(19)17-10-5-3-2-4-6-10/h2-6,11-14H,7-8H2,1H3,(H,16,18)(H,17,19)/t11-,12-,13-,14+/m1/s1. The maximum atomic E-state index is 11.9. The molecule has 2 N–H and O–H groups in total. The fourth-order valence-electron chi connectivity index (χ4n) is 2.76. The summed E-state index contributed by atoms with van der Waals surface area (Å²) in [5, 5.41) is 5.43. The lowest BCUT2D eigenvalue weighted by atomic mass is 10.1. The third kappa shape index (κ3) is 3.20. The molecule has 0 radical (unpaired) electrons. The van der Waals surface area contributed by atoms with E-state index in [-0.39, 0.29) is 30.8 Å². The van der Waals surface area contributed by atoms with Crippen LogP contribution >= 0.6 is 0 Å². The number of anilines is 1. The number of benzene rings is 1. The highest BCUT2D eigenvalue weighted by Crippen LogP contribution is 2.29. The summed E-state index contributed by atoms with van der Waals surface area (Å²) in [6.07, 6.45) is -1.66. The number of para-hydroxylation sites is 1. The summed E-state index contributed by atoms with van der Waals surface area (Å²) in [7, 11) is 0. The first-order chi connectivity index (χ1) is 10.6. The lowest BCUT2D eigenvalue weighted by Gasteiger charge is -2.17. The molecule has 7 nitrogen and oxygen atoms in total. The van der Waals surface area contributed by atoms with Crippen molar-refractivity contribution in [3.8, 4) is 0 Å². The quantitative estimate of drug-likeness (QED) is 0.867. The predicted molar refractivity (Wildman–Crippen MR) is 77.4 cm³/mol. The van der Waals surface area contributed by atoms with E-state index < -0.39 is 12.2 Å². The molecule has 2 aliphatic heterocycles. The number of amides is 2. The van der Waals surface area contributed by atoms with E-state index in [9.17, 15) is 9.59 Å². The SMILES string of the molecule is CC(=O)N[C@@H]1CO[C@@H]2[C@@H]1OC[C@H]2OC(=O)Nc1ccccc1. The zero-order valence-corrected chi connectivity index (χ0v) is 12.2. The zero-order valence-electron chi connectivity index (χ0n) is 12.2. The Morgan fingerprint density at radius 3 is 2.59 bits per heavy atom. The van der Waals surface area contributed by atoms with Gasteiger partial charge in [-0.3, -0.25) is 10.1 Å². The number of ether oxygens (including phenoxy) is 3. The Labute approximate surface area is 127 Å². The number of rotatable bonds is 3. The zero-order chi connectivity index (χ0) is 15.5. The molecule has 2 fully saturated rings. The van der Waals surface area contributed by atoms with Gasteiger partial charge in [-0.25, -0.2) is 4.79 Å². The van der Waals surface area contributed by atoms with Gasteiger partial charge in [0.2, 0.25) is 5.91 Å². The van der Waals surface area contributed by atoms with Crippen LogP contribution < -0.4 is 10.6 Å². The predicted octanol–water partition coefficient (Wildman–Crippen LogP) is 0.906. The molecule has 22 heavy (non-hydrogen) atoms. The minimum Gasteiger partial charge on any atom is -0.441 e. The molecule has 2 saturated heterocycles. The van der Waals surface area contributed by atoms with Crippen molar-refractivity contribution in [2.45, 2.75) is 31.3 Å². The molecule has 1 aromatic carbocycles. The van der Waals surface area contributed by atoms with Crippen molar-refractivity contribution in [3.63, 3.8) is 0 Å². The molecule has 0 saturated carbocycles. The molecule has 2 aliphatic rings. The average molecular weight is 306 g/mol. The molecule has 0 unspecified atom stereocenters. The van der Waals surface area contributed by atoms with Crippen LogP contribution in [0.4, 0.5) is 10.5 Å². The van der Waals surface area contributed by atoms with Gasteiger partial charge in [-0.1, -0.05) is 18.2 Å². The van der Waals surface area contributed by atoms with Crippen LogP contribution in [0.3, 0.4) is 0 Å². The highest BCUT2D eigenvalue weighted by molar-refractivity contribution is 5.84. The van der Waals surface area contributed by atoms with Gasteiger partial charge >= 0.3 is 6.09 Å². The van der Waals surface area contributed by atoms with Gasteiger partial charge in [0.05, 0.1) is 19.3 Å². The Morgan fingerprint density at radius 1 is 1.14 bits per heavy atom. The first-order valence-corrected chi connectivity index (χ1v) is 7.16. The Balaban J connectivity index is 1.54. The van der Waals surface area contributed by atoms with E-state index in [1.807, 2.05) is 18.2 Å². The number of hydrogen-bond donors (Lipinski definition) is 2. The number of fused-ring (bicyclic) bond motifs is 1. The largest absolute Gasteiger partial charge is 0.441 e.